The summed E-state index contributed by atoms with van der Waals surface area (Å²) in [4.78, 5) is 0. The van der Waals surface area contributed by atoms with Gasteiger partial charge in [-0.2, -0.15) is 0 Å². The minimum Gasteiger partial charge on any atom is -0.493 e. The van der Waals surface area contributed by atoms with Crippen molar-refractivity contribution in [3.63, 3.8) is 0 Å². The molecule has 0 aromatic heterocycles. The molecule has 0 bridgehead atoms. The van der Waals surface area contributed by atoms with E-state index in [1.165, 1.54) is 0 Å². The lowest BCUT2D eigenvalue weighted by atomic mass is 10.0. The molecule has 0 radical (unpaired) electrons. The third-order valence-electron chi connectivity index (χ3n) is 2.38. The molecule has 1 heterocycles. The summed E-state index contributed by atoms with van der Waals surface area (Å²) in [5, 5.41) is 0. The fourth-order valence-electron chi connectivity index (χ4n) is 1.62. The van der Waals surface area contributed by atoms with Crippen LogP contribution in [0, 0.1) is 5.82 Å². The van der Waals surface area contributed by atoms with E-state index in [1.807, 2.05) is 0 Å². The number of rotatable bonds is 1. The molecule has 17 heavy (non-hydrogen) atoms. The number of halogens is 4. The van der Waals surface area contributed by atoms with Crippen molar-refractivity contribution in [1.82, 2.24) is 0 Å². The van der Waals surface area contributed by atoms with Crippen molar-refractivity contribution in [2.45, 2.75) is 18.8 Å². The molecule has 2 rings (SSSR count). The molecule has 94 valence electrons. The number of alkyl halides is 3. The Kier molecular flexibility index (Phi) is 2.86. The summed E-state index contributed by atoms with van der Waals surface area (Å²) in [6, 6.07) is 1.31. The first-order valence-electron chi connectivity index (χ1n) is 4.84. The van der Waals surface area contributed by atoms with Gasteiger partial charge in [0.05, 0.1) is 6.61 Å². The highest BCUT2D eigenvalue weighted by atomic mass is 19.4. The largest absolute Gasteiger partial charge is 0.573 e. The first-order chi connectivity index (χ1) is 7.87. The molecule has 0 fully saturated rings. The quantitative estimate of drug-likeness (QED) is 0.780. The van der Waals surface area contributed by atoms with E-state index in [9.17, 15) is 17.6 Å². The van der Waals surface area contributed by atoms with Crippen LogP contribution in [0.2, 0.25) is 0 Å². The van der Waals surface area contributed by atoms with Crippen molar-refractivity contribution < 1.29 is 27.0 Å². The van der Waals surface area contributed by atoms with E-state index < -0.39 is 24.0 Å². The third-order valence-corrected chi connectivity index (χ3v) is 2.38. The van der Waals surface area contributed by atoms with E-state index in [0.29, 0.717) is 18.6 Å². The first-order valence-corrected chi connectivity index (χ1v) is 4.84. The Morgan fingerprint density at radius 2 is 2.06 bits per heavy atom. The number of hydrogen-bond acceptors (Lipinski definition) is 3. The molecule has 0 amide bonds. The Labute approximate surface area is 94.1 Å². The molecule has 7 heteroatoms. The smallest absolute Gasteiger partial charge is 0.493 e. The molecule has 1 aliphatic rings. The van der Waals surface area contributed by atoms with E-state index in [-0.39, 0.29) is 5.75 Å². The summed E-state index contributed by atoms with van der Waals surface area (Å²) in [7, 11) is 0. The van der Waals surface area contributed by atoms with Crippen LogP contribution in [0.4, 0.5) is 17.6 Å². The maximum atomic E-state index is 13.3. The normalized spacial score (nSPS) is 19.5. The average Bonchev–Trinajstić information content (AvgIpc) is 2.18. The maximum Gasteiger partial charge on any atom is 0.573 e. The number of nitrogens with two attached hydrogens (primary N) is 1. The van der Waals surface area contributed by atoms with Gasteiger partial charge in [-0.3, -0.25) is 0 Å². The Morgan fingerprint density at radius 1 is 1.35 bits per heavy atom. The van der Waals surface area contributed by atoms with Crippen LogP contribution in [-0.2, 0) is 0 Å². The number of fused-ring (bicyclic) bond motifs is 1. The zero-order chi connectivity index (χ0) is 12.6. The number of benzene rings is 1. The highest BCUT2D eigenvalue weighted by Gasteiger charge is 2.33. The minimum absolute atomic E-state index is 0.163. The van der Waals surface area contributed by atoms with Crippen LogP contribution in [0.25, 0.3) is 0 Å². The second-order valence-electron chi connectivity index (χ2n) is 3.61. The second-order valence-corrected chi connectivity index (χ2v) is 3.61. The van der Waals surface area contributed by atoms with Crippen molar-refractivity contribution >= 4 is 0 Å². The van der Waals surface area contributed by atoms with Gasteiger partial charge in [-0.1, -0.05) is 0 Å². The standard InChI is InChI=1S/C10H9F4NO2/c11-6-4-8-5(7(15)1-2-16-8)3-9(6)17-10(12,13)14/h3-4,7H,1-2,15H2/t7-/m0/s1. The minimum atomic E-state index is -4.94. The van der Waals surface area contributed by atoms with Gasteiger partial charge in [-0.15, -0.1) is 13.2 Å². The Hall–Kier alpha value is -1.50. The summed E-state index contributed by atoms with van der Waals surface area (Å²) >= 11 is 0. The zero-order valence-electron chi connectivity index (χ0n) is 8.55. The number of hydrogen-bond donors (Lipinski definition) is 1. The van der Waals surface area contributed by atoms with E-state index in [4.69, 9.17) is 10.5 Å². The molecular formula is C10H9F4NO2. The van der Waals surface area contributed by atoms with Gasteiger partial charge in [-0.05, 0) is 6.07 Å². The van der Waals surface area contributed by atoms with Crippen LogP contribution >= 0.6 is 0 Å². The van der Waals surface area contributed by atoms with Crippen LogP contribution in [-0.4, -0.2) is 13.0 Å². The van der Waals surface area contributed by atoms with E-state index in [1.54, 1.807) is 0 Å². The van der Waals surface area contributed by atoms with Gasteiger partial charge >= 0.3 is 6.36 Å². The van der Waals surface area contributed by atoms with Crippen molar-refractivity contribution in [2.24, 2.45) is 5.73 Å². The molecule has 0 saturated carbocycles. The summed E-state index contributed by atoms with van der Waals surface area (Å²) in [6.07, 6.45) is -4.47. The molecular weight excluding hydrogens is 242 g/mol. The average molecular weight is 251 g/mol. The Morgan fingerprint density at radius 3 is 2.71 bits per heavy atom. The van der Waals surface area contributed by atoms with Gasteiger partial charge < -0.3 is 15.2 Å². The Balaban J connectivity index is 2.38. The topological polar surface area (TPSA) is 44.5 Å². The lowest BCUT2D eigenvalue weighted by Crippen LogP contribution is -2.22. The van der Waals surface area contributed by atoms with Crippen LogP contribution in [0.5, 0.6) is 11.5 Å². The van der Waals surface area contributed by atoms with E-state index >= 15 is 0 Å². The second kappa shape index (κ2) is 4.06. The molecule has 1 aliphatic heterocycles. The van der Waals surface area contributed by atoms with E-state index in [0.717, 1.165) is 12.1 Å². The lowest BCUT2D eigenvalue weighted by Gasteiger charge is -2.23. The molecule has 1 aromatic carbocycles. The SMILES string of the molecule is N[C@H]1CCOc2cc(F)c(OC(F)(F)F)cc21. The van der Waals surface area contributed by atoms with Gasteiger partial charge in [0, 0.05) is 24.1 Å². The summed E-state index contributed by atoms with van der Waals surface area (Å²) in [5.41, 5.74) is 6.01. The Bertz CT molecular complexity index is 433. The summed E-state index contributed by atoms with van der Waals surface area (Å²) in [6.45, 7) is 0.313. The van der Waals surface area contributed by atoms with Crippen molar-refractivity contribution in [3.05, 3.63) is 23.5 Å². The predicted octanol–water partition coefficient (Wildman–Crippen LogP) is 2.51. The lowest BCUT2D eigenvalue weighted by molar-refractivity contribution is -0.275. The monoisotopic (exact) mass is 251 g/mol. The fraction of sp³-hybridized carbons (Fsp3) is 0.400. The molecule has 2 N–H and O–H groups in total. The summed E-state index contributed by atoms with van der Waals surface area (Å²) in [5.74, 6) is -1.86. The molecule has 1 aromatic rings. The van der Waals surface area contributed by atoms with Gasteiger partial charge in [-0.25, -0.2) is 4.39 Å². The van der Waals surface area contributed by atoms with Crippen molar-refractivity contribution in [1.29, 1.82) is 0 Å². The maximum absolute atomic E-state index is 13.3. The predicted molar refractivity (Wildman–Crippen MR) is 50.1 cm³/mol. The first kappa shape index (κ1) is 12.0. The van der Waals surface area contributed by atoms with Crippen LogP contribution in [0.1, 0.15) is 18.0 Å². The number of ether oxygens (including phenoxy) is 2. The van der Waals surface area contributed by atoms with Gasteiger partial charge in [0.2, 0.25) is 0 Å². The summed E-state index contributed by atoms with van der Waals surface area (Å²) < 4.78 is 58.0. The molecule has 3 nitrogen and oxygen atoms in total. The van der Waals surface area contributed by atoms with Gasteiger partial charge in [0.15, 0.2) is 11.6 Å². The molecule has 1 atom stereocenters. The highest BCUT2D eigenvalue weighted by molar-refractivity contribution is 5.44. The van der Waals surface area contributed by atoms with Crippen molar-refractivity contribution in [2.75, 3.05) is 6.61 Å². The molecule has 0 spiro atoms. The molecule has 0 unspecified atom stereocenters. The fourth-order valence-corrected chi connectivity index (χ4v) is 1.62. The van der Waals surface area contributed by atoms with Crippen LogP contribution in [0.15, 0.2) is 12.1 Å². The van der Waals surface area contributed by atoms with Crippen LogP contribution < -0.4 is 15.2 Å². The third kappa shape index (κ3) is 2.60. The molecule has 0 aliphatic carbocycles. The van der Waals surface area contributed by atoms with Gasteiger partial charge in [0.25, 0.3) is 0 Å². The van der Waals surface area contributed by atoms with Crippen LogP contribution in [0.3, 0.4) is 0 Å². The van der Waals surface area contributed by atoms with Gasteiger partial charge in [0.1, 0.15) is 5.75 Å². The zero-order valence-corrected chi connectivity index (χ0v) is 8.55. The molecule has 0 saturated heterocycles. The van der Waals surface area contributed by atoms with E-state index in [2.05, 4.69) is 4.74 Å². The highest BCUT2D eigenvalue weighted by Crippen LogP contribution is 2.37. The van der Waals surface area contributed by atoms with Crippen molar-refractivity contribution in [3.8, 4) is 11.5 Å².